The van der Waals surface area contributed by atoms with E-state index in [1.807, 2.05) is 6.92 Å². The van der Waals surface area contributed by atoms with Gasteiger partial charge in [0.2, 0.25) is 0 Å². The summed E-state index contributed by atoms with van der Waals surface area (Å²) >= 11 is 0. The second-order valence-electron chi connectivity index (χ2n) is 3.96. The number of carboxylic acid groups (broad SMARTS) is 1. The highest BCUT2D eigenvalue weighted by atomic mass is 16.5. The summed E-state index contributed by atoms with van der Waals surface area (Å²) < 4.78 is 7.03. The maximum atomic E-state index is 11.3. The van der Waals surface area contributed by atoms with Gasteiger partial charge >= 0.3 is 5.97 Å². The predicted molar refractivity (Wildman–Crippen MR) is 68.4 cm³/mol. The highest BCUT2D eigenvalue weighted by molar-refractivity contribution is 5.92. The summed E-state index contributed by atoms with van der Waals surface area (Å²) in [6, 6.07) is 6.76. The van der Waals surface area contributed by atoms with Crippen LogP contribution in [0.4, 0.5) is 0 Å². The normalized spacial score (nSPS) is 10.6. The van der Waals surface area contributed by atoms with Crippen molar-refractivity contribution in [1.82, 2.24) is 14.8 Å². The van der Waals surface area contributed by atoms with Gasteiger partial charge in [0, 0.05) is 6.61 Å². The molecule has 1 N–H and O–H groups in total. The first-order valence-electron chi connectivity index (χ1n) is 5.96. The summed E-state index contributed by atoms with van der Waals surface area (Å²) in [4.78, 5) is 11.3. The van der Waals surface area contributed by atoms with E-state index in [0.717, 1.165) is 0 Å². The van der Waals surface area contributed by atoms with Gasteiger partial charge in [-0.25, -0.2) is 4.79 Å². The van der Waals surface area contributed by atoms with Crippen LogP contribution in [-0.4, -0.2) is 32.4 Å². The highest BCUT2D eigenvalue weighted by Gasteiger charge is 2.16. The maximum Gasteiger partial charge on any atom is 0.337 e. The number of aromatic carboxylic acids is 1. The molecule has 6 nitrogen and oxygen atoms in total. The Morgan fingerprint density at radius 3 is 2.79 bits per heavy atom. The molecule has 0 bridgehead atoms. The first kappa shape index (κ1) is 13.2. The molecule has 0 aliphatic rings. The number of hydrogen-bond donors (Lipinski definition) is 1. The summed E-state index contributed by atoms with van der Waals surface area (Å²) in [5.74, 6) is 0.238. The lowest BCUT2D eigenvalue weighted by Gasteiger charge is -2.11. The number of carbonyl (C=O) groups is 1. The zero-order valence-electron chi connectivity index (χ0n) is 10.8. The predicted octanol–water partition coefficient (Wildman–Crippen LogP) is 1.81. The second kappa shape index (κ2) is 5.62. The Kier molecular flexibility index (Phi) is 3.91. The topological polar surface area (TPSA) is 77.2 Å². The summed E-state index contributed by atoms with van der Waals surface area (Å²) in [6.07, 6.45) is 0. The molecular weight excluding hydrogens is 246 g/mol. The fourth-order valence-electron chi connectivity index (χ4n) is 1.86. The number of rotatable bonds is 5. The van der Waals surface area contributed by atoms with E-state index in [9.17, 15) is 9.90 Å². The molecule has 0 amide bonds. The molecule has 19 heavy (non-hydrogen) atoms. The van der Waals surface area contributed by atoms with E-state index < -0.39 is 5.97 Å². The largest absolute Gasteiger partial charge is 0.478 e. The first-order valence-corrected chi connectivity index (χ1v) is 5.96. The zero-order valence-corrected chi connectivity index (χ0v) is 10.8. The average molecular weight is 261 g/mol. The van der Waals surface area contributed by atoms with Crippen molar-refractivity contribution in [2.45, 2.75) is 20.5 Å². The summed E-state index contributed by atoms with van der Waals surface area (Å²) in [5.41, 5.74) is 0.760. The van der Waals surface area contributed by atoms with E-state index in [0.29, 0.717) is 30.5 Å². The van der Waals surface area contributed by atoms with Crippen LogP contribution in [-0.2, 0) is 11.3 Å². The van der Waals surface area contributed by atoms with Gasteiger partial charge in [-0.1, -0.05) is 12.1 Å². The third-order valence-corrected chi connectivity index (χ3v) is 2.70. The van der Waals surface area contributed by atoms with Gasteiger partial charge in [0.15, 0.2) is 5.82 Å². The number of carboxylic acids is 1. The minimum atomic E-state index is -0.981. The zero-order chi connectivity index (χ0) is 13.8. The molecule has 1 heterocycles. The minimum Gasteiger partial charge on any atom is -0.478 e. The van der Waals surface area contributed by atoms with Crippen LogP contribution in [0, 0.1) is 6.92 Å². The number of hydrogen-bond acceptors (Lipinski definition) is 4. The molecule has 6 heteroatoms. The molecule has 0 saturated heterocycles. The highest BCUT2D eigenvalue weighted by Crippen LogP contribution is 2.18. The van der Waals surface area contributed by atoms with Gasteiger partial charge in [0.05, 0.1) is 11.3 Å². The SMILES string of the molecule is CCOCc1nnc(C)n1-c1ccccc1C(=O)O. The van der Waals surface area contributed by atoms with Gasteiger partial charge in [-0.15, -0.1) is 10.2 Å². The number of aryl methyl sites for hydroxylation is 1. The van der Waals surface area contributed by atoms with Gasteiger partial charge in [0.25, 0.3) is 0 Å². The van der Waals surface area contributed by atoms with Gasteiger partial charge in [-0.05, 0) is 26.0 Å². The van der Waals surface area contributed by atoms with Crippen LogP contribution in [0.15, 0.2) is 24.3 Å². The van der Waals surface area contributed by atoms with Crippen molar-refractivity contribution in [2.24, 2.45) is 0 Å². The summed E-state index contributed by atoms with van der Waals surface area (Å²) in [5, 5.41) is 17.2. The van der Waals surface area contributed by atoms with Crippen LogP contribution >= 0.6 is 0 Å². The number of benzene rings is 1. The van der Waals surface area contributed by atoms with Crippen LogP contribution in [0.1, 0.15) is 28.9 Å². The Labute approximate surface area is 110 Å². The third-order valence-electron chi connectivity index (χ3n) is 2.70. The Morgan fingerprint density at radius 2 is 2.11 bits per heavy atom. The summed E-state index contributed by atoms with van der Waals surface area (Å²) in [7, 11) is 0. The number of aromatic nitrogens is 3. The van der Waals surface area contributed by atoms with E-state index in [2.05, 4.69) is 10.2 Å². The van der Waals surface area contributed by atoms with Crippen molar-refractivity contribution in [3.63, 3.8) is 0 Å². The minimum absolute atomic E-state index is 0.211. The number of ether oxygens (including phenoxy) is 1. The van der Waals surface area contributed by atoms with Crippen molar-refractivity contribution in [1.29, 1.82) is 0 Å². The quantitative estimate of drug-likeness (QED) is 0.888. The Morgan fingerprint density at radius 1 is 1.37 bits per heavy atom. The number of para-hydroxylation sites is 1. The molecule has 0 atom stereocenters. The van der Waals surface area contributed by atoms with E-state index >= 15 is 0 Å². The Balaban J connectivity index is 2.52. The van der Waals surface area contributed by atoms with E-state index in [1.54, 1.807) is 35.8 Å². The lowest BCUT2D eigenvalue weighted by Crippen LogP contribution is -2.10. The molecule has 1 aromatic carbocycles. The fourth-order valence-corrected chi connectivity index (χ4v) is 1.86. The molecular formula is C13H15N3O3. The van der Waals surface area contributed by atoms with Gasteiger partial charge in [-0.2, -0.15) is 0 Å². The smallest absolute Gasteiger partial charge is 0.337 e. The monoisotopic (exact) mass is 261 g/mol. The molecule has 0 aliphatic heterocycles. The Hall–Kier alpha value is -2.21. The van der Waals surface area contributed by atoms with Crippen LogP contribution < -0.4 is 0 Å². The van der Waals surface area contributed by atoms with Crippen LogP contribution in [0.2, 0.25) is 0 Å². The number of nitrogens with zero attached hydrogens (tertiary/aromatic N) is 3. The van der Waals surface area contributed by atoms with Crippen molar-refractivity contribution in [2.75, 3.05) is 6.61 Å². The van der Waals surface area contributed by atoms with Gasteiger partial charge < -0.3 is 9.84 Å². The molecule has 1 aromatic heterocycles. The van der Waals surface area contributed by atoms with Crippen LogP contribution in [0.3, 0.4) is 0 Å². The van der Waals surface area contributed by atoms with Crippen molar-refractivity contribution >= 4 is 5.97 Å². The molecule has 0 saturated carbocycles. The van der Waals surface area contributed by atoms with Gasteiger partial charge in [0.1, 0.15) is 12.4 Å². The average Bonchev–Trinajstić information content (AvgIpc) is 2.77. The maximum absolute atomic E-state index is 11.3. The molecule has 2 rings (SSSR count). The van der Waals surface area contributed by atoms with E-state index in [1.165, 1.54) is 0 Å². The molecule has 100 valence electrons. The summed E-state index contributed by atoms with van der Waals surface area (Å²) in [6.45, 7) is 4.53. The van der Waals surface area contributed by atoms with E-state index in [-0.39, 0.29) is 5.56 Å². The van der Waals surface area contributed by atoms with Gasteiger partial charge in [-0.3, -0.25) is 4.57 Å². The molecule has 0 unspecified atom stereocenters. The van der Waals surface area contributed by atoms with Crippen LogP contribution in [0.5, 0.6) is 0 Å². The third kappa shape index (κ3) is 2.63. The lowest BCUT2D eigenvalue weighted by atomic mass is 10.1. The molecule has 0 fully saturated rings. The van der Waals surface area contributed by atoms with E-state index in [4.69, 9.17) is 4.74 Å². The Bertz CT molecular complexity index is 593. The molecule has 0 spiro atoms. The second-order valence-corrected chi connectivity index (χ2v) is 3.96. The first-order chi connectivity index (χ1) is 9.15. The fraction of sp³-hybridized carbons (Fsp3) is 0.308. The molecule has 0 aliphatic carbocycles. The van der Waals surface area contributed by atoms with Crippen molar-refractivity contribution in [3.05, 3.63) is 41.5 Å². The lowest BCUT2D eigenvalue weighted by molar-refractivity contribution is 0.0696. The van der Waals surface area contributed by atoms with Crippen LogP contribution in [0.25, 0.3) is 5.69 Å². The molecule has 2 aromatic rings. The molecule has 0 radical (unpaired) electrons. The van der Waals surface area contributed by atoms with Crippen molar-refractivity contribution in [3.8, 4) is 5.69 Å². The van der Waals surface area contributed by atoms with Crippen molar-refractivity contribution < 1.29 is 14.6 Å². The standard InChI is InChI=1S/C13H15N3O3/c1-3-19-8-12-15-14-9(2)16(12)11-7-5-4-6-10(11)13(17)18/h4-7H,3,8H2,1-2H3,(H,17,18).